The van der Waals surface area contributed by atoms with Crippen LogP contribution in [-0.4, -0.2) is 36.3 Å². The van der Waals surface area contributed by atoms with Crippen molar-refractivity contribution in [2.75, 3.05) is 20.8 Å². The van der Waals surface area contributed by atoms with Crippen LogP contribution in [0.3, 0.4) is 0 Å². The lowest BCUT2D eigenvalue weighted by molar-refractivity contribution is -0.385. The Morgan fingerprint density at radius 1 is 1.18 bits per heavy atom. The second kappa shape index (κ2) is 12.0. The summed E-state index contributed by atoms with van der Waals surface area (Å²) >= 11 is 4.64. The largest absolute Gasteiger partial charge is 0.496 e. The van der Waals surface area contributed by atoms with E-state index in [1.165, 1.54) is 30.9 Å². The first-order valence-corrected chi connectivity index (χ1v) is 13.7. The molecule has 0 aliphatic carbocycles. The fourth-order valence-electron chi connectivity index (χ4n) is 4.42. The summed E-state index contributed by atoms with van der Waals surface area (Å²) in [6.07, 6.45) is 2.78. The second-order valence-electron chi connectivity index (χ2n) is 8.49. The zero-order valence-corrected chi connectivity index (χ0v) is 24.1. The molecule has 204 valence electrons. The molecule has 4 rings (SSSR count). The molecule has 1 aromatic heterocycles. The van der Waals surface area contributed by atoms with Crippen LogP contribution in [0, 0.1) is 10.1 Å². The molecular weight excluding hydrogens is 590 g/mol. The molecule has 1 aliphatic rings. The van der Waals surface area contributed by atoms with Gasteiger partial charge in [0.05, 0.1) is 41.6 Å². The van der Waals surface area contributed by atoms with Gasteiger partial charge in [-0.15, -0.1) is 0 Å². The Morgan fingerprint density at radius 3 is 2.54 bits per heavy atom. The number of methoxy groups -OCH3 is 2. The Hall–Kier alpha value is -3.77. The highest BCUT2D eigenvalue weighted by Crippen LogP contribution is 2.38. The Kier molecular flexibility index (Phi) is 8.66. The summed E-state index contributed by atoms with van der Waals surface area (Å²) in [7, 11) is 2.87. The highest BCUT2D eigenvalue weighted by atomic mass is 79.9. The number of ether oxygens (including phenoxy) is 3. The quantitative estimate of drug-likeness (QED) is 0.200. The predicted molar refractivity (Wildman–Crippen MR) is 150 cm³/mol. The van der Waals surface area contributed by atoms with Crippen LogP contribution in [0.25, 0.3) is 6.08 Å². The smallest absolute Gasteiger partial charge is 0.338 e. The van der Waals surface area contributed by atoms with E-state index < -0.39 is 22.5 Å². The van der Waals surface area contributed by atoms with Crippen molar-refractivity contribution >= 4 is 45.0 Å². The standard InChI is InChI=1S/C27H26BrN3O7S/c1-5-7-18-23(26(33)38-6-2)24(17-14-16(28)9-11-20(17)36-3)30-25(32)22(39-27(30)29-18)13-15-8-10-21(37-4)19(12-15)31(34)35/h8-14,24H,5-7H2,1-4H3/b22-13+/t24-/m1/s1. The van der Waals surface area contributed by atoms with E-state index in [1.807, 2.05) is 19.1 Å². The zero-order chi connectivity index (χ0) is 28.3. The monoisotopic (exact) mass is 615 g/mol. The summed E-state index contributed by atoms with van der Waals surface area (Å²) in [5.74, 6) is 0.0449. The summed E-state index contributed by atoms with van der Waals surface area (Å²) in [6.45, 7) is 3.85. The van der Waals surface area contributed by atoms with E-state index in [-0.39, 0.29) is 23.6 Å². The van der Waals surface area contributed by atoms with Crippen LogP contribution < -0.4 is 24.4 Å². The highest BCUT2D eigenvalue weighted by Gasteiger charge is 2.36. The van der Waals surface area contributed by atoms with Gasteiger partial charge in [0.25, 0.3) is 5.56 Å². The van der Waals surface area contributed by atoms with Crippen LogP contribution in [0.15, 0.2) is 61.9 Å². The van der Waals surface area contributed by atoms with Gasteiger partial charge in [0.2, 0.25) is 0 Å². The minimum absolute atomic E-state index is 0.114. The van der Waals surface area contributed by atoms with Gasteiger partial charge >= 0.3 is 11.7 Å². The number of nitro groups is 1. The lowest BCUT2D eigenvalue weighted by Crippen LogP contribution is -2.40. The van der Waals surface area contributed by atoms with E-state index in [2.05, 4.69) is 15.9 Å². The van der Waals surface area contributed by atoms with Crippen molar-refractivity contribution in [1.29, 1.82) is 0 Å². The van der Waals surface area contributed by atoms with Crippen LogP contribution in [0.1, 0.15) is 43.9 Å². The molecule has 1 aliphatic heterocycles. The van der Waals surface area contributed by atoms with Crippen LogP contribution in [-0.2, 0) is 9.53 Å². The number of thiazole rings is 1. The highest BCUT2D eigenvalue weighted by molar-refractivity contribution is 9.10. The van der Waals surface area contributed by atoms with Gasteiger partial charge in [0.15, 0.2) is 10.6 Å². The number of esters is 1. The Balaban J connectivity index is 2.03. The number of fused-ring (bicyclic) bond motifs is 1. The van der Waals surface area contributed by atoms with E-state index >= 15 is 0 Å². The first kappa shape index (κ1) is 28.2. The Morgan fingerprint density at radius 2 is 1.90 bits per heavy atom. The molecular formula is C27H26BrN3O7S. The van der Waals surface area contributed by atoms with E-state index in [0.717, 1.165) is 15.8 Å². The van der Waals surface area contributed by atoms with Gasteiger partial charge in [0.1, 0.15) is 11.8 Å². The van der Waals surface area contributed by atoms with Crippen molar-refractivity contribution < 1.29 is 23.9 Å². The van der Waals surface area contributed by atoms with Gasteiger partial charge in [-0.1, -0.05) is 46.7 Å². The third-order valence-corrected chi connectivity index (χ3v) is 7.55. The maximum Gasteiger partial charge on any atom is 0.338 e. The third kappa shape index (κ3) is 5.52. The van der Waals surface area contributed by atoms with Gasteiger partial charge in [-0.2, -0.15) is 0 Å². The number of carbonyl (C=O) groups is 1. The third-order valence-electron chi connectivity index (χ3n) is 6.08. The topological polar surface area (TPSA) is 122 Å². The van der Waals surface area contributed by atoms with Crippen LogP contribution in [0.4, 0.5) is 5.69 Å². The average molecular weight is 616 g/mol. The van der Waals surface area contributed by atoms with Crippen molar-refractivity contribution in [3.8, 4) is 11.5 Å². The van der Waals surface area contributed by atoms with E-state index in [0.29, 0.717) is 44.7 Å². The van der Waals surface area contributed by atoms with Crippen molar-refractivity contribution in [1.82, 2.24) is 4.57 Å². The Bertz CT molecular complexity index is 1660. The number of rotatable bonds is 9. The number of nitrogens with zero attached hydrogens (tertiary/aromatic N) is 3. The number of carbonyl (C=O) groups excluding carboxylic acids is 1. The molecule has 0 radical (unpaired) electrons. The molecule has 0 bridgehead atoms. The normalized spacial score (nSPS) is 15.0. The Labute approximate surface area is 236 Å². The molecule has 0 unspecified atom stereocenters. The summed E-state index contributed by atoms with van der Waals surface area (Å²) in [6, 6.07) is 8.97. The molecule has 12 heteroatoms. The van der Waals surface area contributed by atoms with Gasteiger partial charge in [-0.3, -0.25) is 19.5 Å². The van der Waals surface area contributed by atoms with Gasteiger partial charge in [-0.05, 0) is 49.2 Å². The molecule has 0 fully saturated rings. The van der Waals surface area contributed by atoms with Crippen molar-refractivity contribution in [2.45, 2.75) is 32.7 Å². The number of hydrogen-bond acceptors (Lipinski definition) is 9. The number of aromatic nitrogens is 1. The fraction of sp³-hybridized carbons (Fsp3) is 0.296. The molecule has 10 nitrogen and oxygen atoms in total. The molecule has 0 amide bonds. The maximum absolute atomic E-state index is 13.9. The molecule has 2 aromatic carbocycles. The second-order valence-corrected chi connectivity index (χ2v) is 10.4. The predicted octanol–water partition coefficient (Wildman–Crippen LogP) is 4.27. The van der Waals surface area contributed by atoms with Crippen molar-refractivity contribution in [2.24, 2.45) is 4.99 Å². The first-order chi connectivity index (χ1) is 18.7. The molecule has 1 atom stereocenters. The molecule has 2 heterocycles. The summed E-state index contributed by atoms with van der Waals surface area (Å²) < 4.78 is 18.6. The van der Waals surface area contributed by atoms with E-state index in [9.17, 15) is 19.7 Å². The molecule has 0 spiro atoms. The SMILES string of the molecule is CCCC1=C(C(=O)OCC)[C@@H](c2cc(Br)ccc2OC)n2c(s/c(=C/c3ccc(OC)c([N+](=O)[O-])c3)c2=O)=N1. The van der Waals surface area contributed by atoms with E-state index in [4.69, 9.17) is 19.2 Å². The minimum atomic E-state index is -0.860. The van der Waals surface area contributed by atoms with Gasteiger partial charge in [-0.25, -0.2) is 9.79 Å². The lowest BCUT2D eigenvalue weighted by atomic mass is 9.93. The number of allylic oxidation sites excluding steroid dienone is 1. The molecule has 39 heavy (non-hydrogen) atoms. The summed E-state index contributed by atoms with van der Waals surface area (Å²) in [5.41, 5.74) is 1.23. The minimum Gasteiger partial charge on any atom is -0.496 e. The van der Waals surface area contributed by atoms with Gasteiger partial charge in [0, 0.05) is 16.1 Å². The average Bonchev–Trinajstić information content (AvgIpc) is 3.22. The summed E-state index contributed by atoms with van der Waals surface area (Å²) in [4.78, 5) is 43.4. The number of halogens is 1. The van der Waals surface area contributed by atoms with E-state index in [1.54, 1.807) is 25.1 Å². The van der Waals surface area contributed by atoms with Crippen molar-refractivity contribution in [3.05, 3.63) is 93.1 Å². The first-order valence-electron chi connectivity index (χ1n) is 12.1. The number of benzene rings is 2. The van der Waals surface area contributed by atoms with Crippen LogP contribution in [0.5, 0.6) is 11.5 Å². The van der Waals surface area contributed by atoms with Gasteiger partial charge < -0.3 is 14.2 Å². The molecule has 3 aromatic rings. The molecule has 0 saturated heterocycles. The molecule has 0 saturated carbocycles. The van der Waals surface area contributed by atoms with Crippen molar-refractivity contribution in [3.63, 3.8) is 0 Å². The molecule has 0 N–H and O–H groups in total. The number of nitro benzene ring substituents is 1. The lowest BCUT2D eigenvalue weighted by Gasteiger charge is -2.27. The maximum atomic E-state index is 13.9. The fourth-order valence-corrected chi connectivity index (χ4v) is 5.82. The zero-order valence-electron chi connectivity index (χ0n) is 21.7. The number of hydrogen-bond donors (Lipinski definition) is 0. The summed E-state index contributed by atoms with van der Waals surface area (Å²) in [5, 5.41) is 11.5. The van der Waals surface area contributed by atoms with Crippen LogP contribution >= 0.6 is 27.3 Å². The van der Waals surface area contributed by atoms with Crippen LogP contribution in [0.2, 0.25) is 0 Å².